The molecule has 0 amide bonds. The summed E-state index contributed by atoms with van der Waals surface area (Å²) in [5.74, 6) is 0. The minimum atomic E-state index is 0.254. The van der Waals surface area contributed by atoms with Crippen molar-refractivity contribution >= 4 is 103 Å². The van der Waals surface area contributed by atoms with Gasteiger partial charge in [-0.05, 0) is 72.2 Å². The van der Waals surface area contributed by atoms with Crippen LogP contribution in [0, 0.1) is 0 Å². The van der Waals surface area contributed by atoms with Crippen molar-refractivity contribution in [1.29, 1.82) is 0 Å². The van der Waals surface area contributed by atoms with Crippen LogP contribution in [0.5, 0.6) is 0 Å². The predicted molar refractivity (Wildman–Crippen MR) is 215 cm³/mol. The molecular formula is C44H30N3PS. The number of hydrogen-bond acceptors (Lipinski definition) is 2. The second-order valence-corrected chi connectivity index (χ2v) is 14.8. The van der Waals surface area contributed by atoms with Crippen molar-refractivity contribution in [3.05, 3.63) is 151 Å². The molecule has 11 rings (SSSR count). The van der Waals surface area contributed by atoms with Gasteiger partial charge < -0.3 is 13.8 Å². The first kappa shape index (κ1) is 27.6. The van der Waals surface area contributed by atoms with E-state index in [9.17, 15) is 0 Å². The van der Waals surface area contributed by atoms with E-state index in [4.69, 9.17) is 0 Å². The Labute approximate surface area is 289 Å². The van der Waals surface area contributed by atoms with Gasteiger partial charge in [-0.25, -0.2) is 0 Å². The molecule has 3 heterocycles. The van der Waals surface area contributed by atoms with Gasteiger partial charge in [0.15, 0.2) is 0 Å². The van der Waals surface area contributed by atoms with E-state index in [0.717, 1.165) is 0 Å². The van der Waals surface area contributed by atoms with Crippen molar-refractivity contribution in [2.45, 2.75) is 10.3 Å². The summed E-state index contributed by atoms with van der Waals surface area (Å²) in [5.41, 5.74) is 8.73. The average molecular weight is 664 g/mol. The summed E-state index contributed by atoms with van der Waals surface area (Å²) in [5, 5.41) is 13.1. The first-order valence-electron chi connectivity index (χ1n) is 16.7. The fraction of sp³-hybridized carbons (Fsp3) is 0.0455. The summed E-state index contributed by atoms with van der Waals surface area (Å²) < 4.78 is 4.83. The second kappa shape index (κ2) is 10.1. The lowest BCUT2D eigenvalue weighted by Crippen LogP contribution is -2.17. The number of benzene rings is 8. The zero-order chi connectivity index (χ0) is 32.4. The number of para-hydroxylation sites is 2. The van der Waals surface area contributed by atoms with E-state index in [1.807, 2.05) is 11.8 Å². The number of aromatic nitrogens is 2. The van der Waals surface area contributed by atoms with Crippen molar-refractivity contribution in [2.75, 3.05) is 11.9 Å². The van der Waals surface area contributed by atoms with Gasteiger partial charge in [0.2, 0.25) is 0 Å². The van der Waals surface area contributed by atoms with Crippen LogP contribution in [-0.4, -0.2) is 16.0 Å². The maximum atomic E-state index is 3.03. The first-order chi connectivity index (χ1) is 24.2. The lowest BCUT2D eigenvalue weighted by atomic mass is 9.98. The molecule has 0 spiro atoms. The highest BCUT2D eigenvalue weighted by Crippen LogP contribution is 2.54. The molecule has 0 aliphatic carbocycles. The Balaban J connectivity index is 1.23. The molecule has 0 N–H and O–H groups in total. The van der Waals surface area contributed by atoms with Crippen molar-refractivity contribution in [2.24, 2.45) is 0 Å². The van der Waals surface area contributed by atoms with Gasteiger partial charge in [-0.3, -0.25) is 0 Å². The van der Waals surface area contributed by atoms with E-state index in [1.54, 1.807) is 0 Å². The predicted octanol–water partition coefficient (Wildman–Crippen LogP) is 12.2. The van der Waals surface area contributed by atoms with E-state index in [0.29, 0.717) is 0 Å². The van der Waals surface area contributed by atoms with Crippen LogP contribution < -0.4 is 4.90 Å². The van der Waals surface area contributed by atoms with Gasteiger partial charge in [0.25, 0.3) is 0 Å². The average Bonchev–Trinajstić information content (AvgIpc) is 3.79. The Morgan fingerprint density at radius 3 is 1.92 bits per heavy atom. The van der Waals surface area contributed by atoms with Gasteiger partial charge in [-0.2, -0.15) is 0 Å². The van der Waals surface area contributed by atoms with E-state index < -0.39 is 0 Å². The summed E-state index contributed by atoms with van der Waals surface area (Å²) in [4.78, 5) is 3.81. The van der Waals surface area contributed by atoms with Crippen molar-refractivity contribution in [1.82, 2.24) is 8.90 Å². The van der Waals surface area contributed by atoms with Crippen molar-refractivity contribution in [3.8, 4) is 5.69 Å². The van der Waals surface area contributed by atoms with E-state index in [1.165, 1.54) is 97.8 Å². The number of nitrogens with zero attached hydrogens (tertiary/aromatic N) is 3. The molecule has 49 heavy (non-hydrogen) atoms. The summed E-state index contributed by atoms with van der Waals surface area (Å²) in [6.45, 7) is 0. The number of hydrogen-bond donors (Lipinski definition) is 0. The molecule has 2 atom stereocenters. The van der Waals surface area contributed by atoms with Crippen LogP contribution in [0.15, 0.2) is 150 Å². The molecule has 0 saturated heterocycles. The molecule has 0 fully saturated rings. The van der Waals surface area contributed by atoms with E-state index in [2.05, 4.69) is 176 Å². The third kappa shape index (κ3) is 3.68. The van der Waals surface area contributed by atoms with Gasteiger partial charge in [-0.15, -0.1) is 0 Å². The summed E-state index contributed by atoms with van der Waals surface area (Å²) in [6, 6.07) is 53.8. The highest BCUT2D eigenvalue weighted by Gasteiger charge is 2.31. The Morgan fingerprint density at radius 1 is 0.531 bits per heavy atom. The Hall–Kier alpha value is -5.28. The zero-order valence-corrected chi connectivity index (χ0v) is 28.7. The molecule has 1 aliphatic rings. The molecule has 2 unspecified atom stereocenters. The quantitative estimate of drug-likeness (QED) is 0.135. The maximum Gasteiger partial charge on any atom is 0.105 e. The lowest BCUT2D eigenvalue weighted by molar-refractivity contribution is 0.918. The summed E-state index contributed by atoms with van der Waals surface area (Å²) >= 11 is 1.95. The third-order valence-corrected chi connectivity index (χ3v) is 12.6. The molecule has 2 aromatic heterocycles. The highest BCUT2D eigenvalue weighted by molar-refractivity contribution is 8.00. The maximum absolute atomic E-state index is 3.03. The van der Waals surface area contributed by atoms with Crippen LogP contribution in [0.3, 0.4) is 0 Å². The van der Waals surface area contributed by atoms with Crippen LogP contribution in [0.25, 0.3) is 81.6 Å². The number of thioether (sulfide) groups is 1. The summed E-state index contributed by atoms with van der Waals surface area (Å²) in [7, 11) is 5.28. The van der Waals surface area contributed by atoms with Crippen molar-refractivity contribution < 1.29 is 0 Å². The normalized spacial score (nSPS) is 14.8. The van der Waals surface area contributed by atoms with Crippen LogP contribution >= 0.6 is 21.2 Å². The molecule has 0 radical (unpaired) electrons. The largest absolute Gasteiger partial charge is 0.357 e. The van der Waals surface area contributed by atoms with Crippen molar-refractivity contribution in [3.63, 3.8) is 0 Å². The molecule has 10 aromatic rings. The molecule has 8 aromatic carbocycles. The fourth-order valence-corrected chi connectivity index (χ4v) is 10.4. The van der Waals surface area contributed by atoms with Crippen LogP contribution in [0.1, 0.15) is 10.9 Å². The molecule has 5 heteroatoms. The zero-order valence-electron chi connectivity index (χ0n) is 26.8. The van der Waals surface area contributed by atoms with Gasteiger partial charge >= 0.3 is 0 Å². The van der Waals surface area contributed by atoms with Crippen LogP contribution in [-0.2, 0) is 0 Å². The molecule has 0 bridgehead atoms. The van der Waals surface area contributed by atoms with Gasteiger partial charge in [0.1, 0.15) is 5.37 Å². The minimum Gasteiger partial charge on any atom is -0.357 e. The molecule has 232 valence electrons. The number of rotatable bonds is 2. The van der Waals surface area contributed by atoms with Gasteiger partial charge in [0, 0.05) is 44.6 Å². The highest BCUT2D eigenvalue weighted by atomic mass is 32.2. The standard InChI is InChI=1S/C44H30N3PS/c1-45-41-37(49-44(45)27-11-3-2-4-12-27)24-21-26-19-20-28-25-29(22-23-30(28)38(26)41)46-35-17-9-7-15-33(35)39-31-13-5-6-14-32(31)40-34-16-8-10-18-36(34)47(48)43(40)42(39)46/h2-25,44H,48H2,1H3. The summed E-state index contributed by atoms with van der Waals surface area (Å²) in [6.07, 6.45) is 0. The van der Waals surface area contributed by atoms with Crippen LogP contribution in [0.4, 0.5) is 5.69 Å². The first-order valence-corrected chi connectivity index (χ1v) is 18.1. The Kier molecular flexibility index (Phi) is 5.71. The Morgan fingerprint density at radius 2 is 1.14 bits per heavy atom. The van der Waals surface area contributed by atoms with E-state index in [-0.39, 0.29) is 5.37 Å². The third-order valence-electron chi connectivity index (χ3n) is 10.7. The van der Waals surface area contributed by atoms with Gasteiger partial charge in [0.05, 0.1) is 27.8 Å². The smallest absolute Gasteiger partial charge is 0.105 e. The number of fused-ring (bicyclic) bond motifs is 15. The molecular weight excluding hydrogens is 634 g/mol. The lowest BCUT2D eigenvalue weighted by Gasteiger charge is -2.23. The second-order valence-electron chi connectivity index (χ2n) is 13.2. The minimum absolute atomic E-state index is 0.254. The topological polar surface area (TPSA) is 13.1 Å². The number of anilines is 1. The monoisotopic (exact) mass is 663 g/mol. The van der Waals surface area contributed by atoms with Crippen LogP contribution in [0.2, 0.25) is 0 Å². The Bertz CT molecular complexity index is 3010. The molecule has 3 nitrogen and oxygen atoms in total. The fourth-order valence-electron chi connectivity index (χ4n) is 8.61. The van der Waals surface area contributed by atoms with Gasteiger partial charge in [-0.1, -0.05) is 127 Å². The SMILES string of the molecule is CN1c2c(ccc3ccc4cc(-n5c6ccccc6c6c7ccccc7c7c8ccccc8n(P)c7c65)ccc4c23)SC1c1ccccc1. The van der Waals surface area contributed by atoms with E-state index >= 15 is 0 Å². The molecule has 1 aliphatic heterocycles. The molecule has 0 saturated carbocycles.